The Morgan fingerprint density at radius 3 is 2.45 bits per heavy atom. The summed E-state index contributed by atoms with van der Waals surface area (Å²) >= 11 is 0. The van der Waals surface area contributed by atoms with Crippen molar-refractivity contribution in [1.82, 2.24) is 4.72 Å². The number of carbonyl (C=O) groups excluding carboxylic acids is 1. The Hall–Kier alpha value is -1.93. The highest BCUT2D eigenvalue weighted by Crippen LogP contribution is 2.15. The molecule has 7 nitrogen and oxygen atoms in total. The largest absolute Gasteiger partial charge is 0.481 e. The number of aliphatic carboxylic acids is 1. The van der Waals surface area contributed by atoms with Crippen LogP contribution >= 0.6 is 0 Å². The molecule has 0 unspecified atom stereocenters. The van der Waals surface area contributed by atoms with E-state index in [1.165, 1.54) is 13.8 Å². The van der Waals surface area contributed by atoms with Crippen LogP contribution in [0.15, 0.2) is 24.3 Å². The first-order valence-electron chi connectivity index (χ1n) is 6.61. The van der Waals surface area contributed by atoms with Crippen LogP contribution in [-0.4, -0.2) is 37.2 Å². The zero-order valence-electron chi connectivity index (χ0n) is 12.7. The third-order valence-corrected chi connectivity index (χ3v) is 3.70. The number of aryl methyl sites for hydroxylation is 1. The second-order valence-electron chi connectivity index (χ2n) is 5.55. The number of carbonyl (C=O) groups is 2. The van der Waals surface area contributed by atoms with Crippen LogP contribution in [0.3, 0.4) is 0 Å². The molecule has 0 saturated heterocycles. The minimum atomic E-state index is -3.52. The summed E-state index contributed by atoms with van der Waals surface area (Å²) in [6.07, 6.45) is 1.33. The van der Waals surface area contributed by atoms with E-state index in [4.69, 9.17) is 5.11 Å². The Morgan fingerprint density at radius 2 is 1.91 bits per heavy atom. The average molecular weight is 328 g/mol. The summed E-state index contributed by atoms with van der Waals surface area (Å²) in [7, 11) is -3.52. The fraction of sp³-hybridized carbons (Fsp3) is 0.429. The second-order valence-corrected chi connectivity index (χ2v) is 7.30. The van der Waals surface area contributed by atoms with Crippen LogP contribution in [0, 0.1) is 0 Å². The first-order valence-corrected chi connectivity index (χ1v) is 8.50. The zero-order chi connectivity index (χ0) is 17.0. The molecule has 0 bridgehead atoms. The molecular formula is C14H20N2O5S. The van der Waals surface area contributed by atoms with Gasteiger partial charge in [-0.2, -0.15) is 0 Å². The number of hydrogen-bond acceptors (Lipinski definition) is 4. The van der Waals surface area contributed by atoms with Gasteiger partial charge in [0.05, 0.1) is 6.26 Å². The molecule has 1 rings (SSSR count). The number of carboxylic acids is 1. The number of amides is 1. The number of sulfonamides is 1. The highest BCUT2D eigenvalue weighted by Gasteiger charge is 2.30. The van der Waals surface area contributed by atoms with Gasteiger partial charge in [0.2, 0.25) is 15.9 Å². The summed E-state index contributed by atoms with van der Waals surface area (Å²) in [6.45, 7) is 2.91. The highest BCUT2D eigenvalue weighted by molar-refractivity contribution is 7.88. The predicted molar refractivity (Wildman–Crippen MR) is 83.1 cm³/mol. The minimum Gasteiger partial charge on any atom is -0.481 e. The SMILES string of the molecule is CC(C)(NS(C)(=O)=O)C(=O)Nc1cccc(CCC(=O)O)c1. The second kappa shape index (κ2) is 6.89. The molecule has 3 N–H and O–H groups in total. The van der Waals surface area contributed by atoms with Crippen LogP contribution in [0.1, 0.15) is 25.8 Å². The van der Waals surface area contributed by atoms with Crippen LogP contribution in [0.25, 0.3) is 0 Å². The van der Waals surface area contributed by atoms with Crippen LogP contribution in [0.5, 0.6) is 0 Å². The van der Waals surface area contributed by atoms with E-state index in [9.17, 15) is 18.0 Å². The molecule has 0 heterocycles. The average Bonchev–Trinajstić information content (AvgIpc) is 2.34. The molecule has 0 aliphatic carbocycles. The minimum absolute atomic E-state index is 0.00146. The fourth-order valence-corrected chi connectivity index (χ4v) is 2.87. The topological polar surface area (TPSA) is 113 Å². The summed E-state index contributed by atoms with van der Waals surface area (Å²) < 4.78 is 24.8. The molecule has 0 saturated carbocycles. The standard InChI is InChI=1S/C14H20N2O5S/c1-14(2,16-22(3,20)21)13(19)15-11-6-4-5-10(9-11)7-8-12(17)18/h4-6,9,16H,7-8H2,1-3H3,(H,15,19)(H,17,18). The molecule has 0 atom stereocenters. The van der Waals surface area contributed by atoms with Gasteiger partial charge in [-0.25, -0.2) is 13.1 Å². The van der Waals surface area contributed by atoms with Crippen molar-refractivity contribution in [1.29, 1.82) is 0 Å². The molecule has 0 aliphatic heterocycles. The Bertz CT molecular complexity index is 668. The van der Waals surface area contributed by atoms with E-state index in [0.717, 1.165) is 11.8 Å². The Morgan fingerprint density at radius 1 is 1.27 bits per heavy atom. The summed E-state index contributed by atoms with van der Waals surface area (Å²) in [5.41, 5.74) is -0.0460. The summed E-state index contributed by atoms with van der Waals surface area (Å²) in [4.78, 5) is 22.7. The van der Waals surface area contributed by atoms with E-state index in [-0.39, 0.29) is 6.42 Å². The van der Waals surface area contributed by atoms with Gasteiger partial charge in [0.15, 0.2) is 0 Å². The first kappa shape index (κ1) is 18.1. The lowest BCUT2D eigenvalue weighted by Crippen LogP contribution is -2.51. The lowest BCUT2D eigenvalue weighted by atomic mass is 10.1. The van der Waals surface area contributed by atoms with Crippen molar-refractivity contribution in [2.45, 2.75) is 32.2 Å². The summed E-state index contributed by atoms with van der Waals surface area (Å²) in [6, 6.07) is 6.78. The van der Waals surface area contributed by atoms with Crippen molar-refractivity contribution in [2.75, 3.05) is 11.6 Å². The third kappa shape index (κ3) is 6.23. The Labute approximate surface area is 129 Å². The zero-order valence-corrected chi connectivity index (χ0v) is 13.5. The van der Waals surface area contributed by atoms with E-state index < -0.39 is 27.4 Å². The number of benzene rings is 1. The fourth-order valence-electron chi connectivity index (χ4n) is 1.85. The van der Waals surface area contributed by atoms with Gasteiger partial charge in [0, 0.05) is 12.1 Å². The maximum Gasteiger partial charge on any atom is 0.303 e. The summed E-state index contributed by atoms with van der Waals surface area (Å²) in [5, 5.41) is 11.3. The highest BCUT2D eigenvalue weighted by atomic mass is 32.2. The molecule has 22 heavy (non-hydrogen) atoms. The molecule has 0 spiro atoms. The Balaban J connectivity index is 2.79. The van der Waals surface area contributed by atoms with Gasteiger partial charge in [-0.15, -0.1) is 0 Å². The van der Waals surface area contributed by atoms with Gasteiger partial charge in [-0.1, -0.05) is 12.1 Å². The first-order chi connectivity index (χ1) is 9.99. The monoisotopic (exact) mass is 328 g/mol. The van der Waals surface area contributed by atoms with Crippen molar-refractivity contribution in [3.05, 3.63) is 29.8 Å². The van der Waals surface area contributed by atoms with Crippen LogP contribution in [0.2, 0.25) is 0 Å². The molecular weight excluding hydrogens is 308 g/mol. The molecule has 0 aliphatic rings. The van der Waals surface area contributed by atoms with Gasteiger partial charge < -0.3 is 10.4 Å². The quantitative estimate of drug-likeness (QED) is 0.690. The van der Waals surface area contributed by atoms with Gasteiger partial charge in [-0.05, 0) is 38.0 Å². The van der Waals surface area contributed by atoms with E-state index in [1.54, 1.807) is 24.3 Å². The number of carboxylic acid groups (broad SMARTS) is 1. The molecule has 0 aromatic heterocycles. The molecule has 0 radical (unpaired) electrons. The molecule has 0 fully saturated rings. The van der Waals surface area contributed by atoms with Gasteiger partial charge in [0.25, 0.3) is 0 Å². The van der Waals surface area contributed by atoms with Crippen LogP contribution < -0.4 is 10.0 Å². The number of hydrogen-bond donors (Lipinski definition) is 3. The number of nitrogens with one attached hydrogen (secondary N) is 2. The maximum atomic E-state index is 12.2. The normalized spacial score (nSPS) is 12.0. The van der Waals surface area contributed by atoms with Crippen LogP contribution in [-0.2, 0) is 26.0 Å². The lowest BCUT2D eigenvalue weighted by molar-refractivity contribution is -0.137. The summed E-state index contributed by atoms with van der Waals surface area (Å²) in [5.74, 6) is -1.40. The van der Waals surface area contributed by atoms with E-state index in [1.807, 2.05) is 0 Å². The molecule has 1 aromatic carbocycles. The van der Waals surface area contributed by atoms with Crippen molar-refractivity contribution in [3.8, 4) is 0 Å². The molecule has 8 heteroatoms. The lowest BCUT2D eigenvalue weighted by Gasteiger charge is -2.24. The third-order valence-electron chi connectivity index (χ3n) is 2.82. The van der Waals surface area contributed by atoms with Crippen molar-refractivity contribution >= 4 is 27.6 Å². The molecule has 122 valence electrons. The van der Waals surface area contributed by atoms with E-state index >= 15 is 0 Å². The number of rotatable bonds is 7. The van der Waals surface area contributed by atoms with E-state index in [0.29, 0.717) is 12.1 Å². The molecule has 1 aromatic rings. The molecule has 1 amide bonds. The van der Waals surface area contributed by atoms with Gasteiger partial charge >= 0.3 is 5.97 Å². The number of anilines is 1. The maximum absolute atomic E-state index is 12.2. The van der Waals surface area contributed by atoms with Crippen molar-refractivity contribution < 1.29 is 23.1 Å². The predicted octanol–water partition coefficient (Wildman–Crippen LogP) is 0.970. The van der Waals surface area contributed by atoms with Crippen LogP contribution in [0.4, 0.5) is 5.69 Å². The van der Waals surface area contributed by atoms with Gasteiger partial charge in [0.1, 0.15) is 5.54 Å². The van der Waals surface area contributed by atoms with Gasteiger partial charge in [-0.3, -0.25) is 9.59 Å². The van der Waals surface area contributed by atoms with E-state index in [2.05, 4.69) is 10.0 Å². The van der Waals surface area contributed by atoms with Crippen molar-refractivity contribution in [3.63, 3.8) is 0 Å². The van der Waals surface area contributed by atoms with Crippen molar-refractivity contribution in [2.24, 2.45) is 0 Å². The Kier molecular flexibility index (Phi) is 5.67. The smallest absolute Gasteiger partial charge is 0.303 e.